The van der Waals surface area contributed by atoms with E-state index < -0.39 is 10.0 Å². The van der Waals surface area contributed by atoms with Gasteiger partial charge in [-0.2, -0.15) is 0 Å². The minimum atomic E-state index is -3.94. The van der Waals surface area contributed by atoms with Crippen LogP contribution in [-0.2, 0) is 10.0 Å². The van der Waals surface area contributed by atoms with Crippen molar-refractivity contribution in [3.8, 4) is 17.2 Å². The summed E-state index contributed by atoms with van der Waals surface area (Å²) >= 11 is 1.33. The monoisotopic (exact) mass is 550 g/mol. The predicted octanol–water partition coefficient (Wildman–Crippen LogP) is 7.84. The number of aromatic nitrogens is 1. The van der Waals surface area contributed by atoms with Gasteiger partial charge in [-0.05, 0) is 54.6 Å². The van der Waals surface area contributed by atoms with Crippen LogP contribution < -0.4 is 9.46 Å². The topological polar surface area (TPSA) is 88.5 Å². The first-order chi connectivity index (χ1) is 19.0. The van der Waals surface area contributed by atoms with Gasteiger partial charge in [0.15, 0.2) is 0 Å². The molecule has 0 unspecified atom stereocenters. The molecule has 0 saturated heterocycles. The maximum atomic E-state index is 13.4. The van der Waals surface area contributed by atoms with Crippen LogP contribution in [0.2, 0.25) is 0 Å². The molecule has 8 heteroatoms. The van der Waals surface area contributed by atoms with Gasteiger partial charge in [0.1, 0.15) is 17.2 Å². The molecule has 6 rings (SSSR count). The van der Waals surface area contributed by atoms with Crippen LogP contribution in [0.5, 0.6) is 17.2 Å². The lowest BCUT2D eigenvalue weighted by molar-refractivity contribution is 0.469. The Kier molecular flexibility index (Phi) is 6.56. The number of aromatic hydroxyl groups is 1. The molecular formula is C31H22N2O4S2. The second-order valence-corrected chi connectivity index (χ2v) is 11.5. The first-order valence-electron chi connectivity index (χ1n) is 12.1. The molecule has 2 N–H and O–H groups in total. The molecule has 192 valence electrons. The molecule has 6 nitrogen and oxygen atoms in total. The van der Waals surface area contributed by atoms with Gasteiger partial charge in [0.2, 0.25) is 0 Å². The molecule has 0 saturated carbocycles. The average Bonchev–Trinajstić information content (AvgIpc) is 2.96. The number of benzene rings is 5. The minimum absolute atomic E-state index is 0.0777. The molecule has 1 aromatic heterocycles. The van der Waals surface area contributed by atoms with E-state index in [4.69, 9.17) is 4.74 Å². The molecule has 5 aromatic carbocycles. The lowest BCUT2D eigenvalue weighted by atomic mass is 10.1. The molecule has 6 aromatic rings. The summed E-state index contributed by atoms with van der Waals surface area (Å²) in [5.41, 5.74) is 1.17. The zero-order chi connectivity index (χ0) is 26.8. The second kappa shape index (κ2) is 10.3. The van der Waals surface area contributed by atoms with Gasteiger partial charge in [0.25, 0.3) is 10.0 Å². The molecule has 0 spiro atoms. The molecule has 39 heavy (non-hydrogen) atoms. The van der Waals surface area contributed by atoms with Gasteiger partial charge >= 0.3 is 0 Å². The molecule has 0 atom stereocenters. The van der Waals surface area contributed by atoms with Crippen LogP contribution in [0.3, 0.4) is 0 Å². The Hall–Kier alpha value is -4.53. The number of sulfonamides is 1. The van der Waals surface area contributed by atoms with Crippen molar-refractivity contribution >= 4 is 49.1 Å². The molecule has 0 aliphatic heterocycles. The van der Waals surface area contributed by atoms with E-state index in [1.54, 1.807) is 48.7 Å². The maximum Gasteiger partial charge on any atom is 0.261 e. The van der Waals surface area contributed by atoms with Gasteiger partial charge < -0.3 is 9.84 Å². The molecule has 1 heterocycles. The van der Waals surface area contributed by atoms with Gasteiger partial charge in [-0.15, -0.1) is 0 Å². The Balaban J connectivity index is 1.35. The van der Waals surface area contributed by atoms with Crippen molar-refractivity contribution < 1.29 is 18.3 Å². The number of hydrogen-bond acceptors (Lipinski definition) is 6. The first kappa shape index (κ1) is 24.8. The Morgan fingerprint density at radius 3 is 2.21 bits per heavy atom. The fourth-order valence-electron chi connectivity index (χ4n) is 4.29. The number of fused-ring (bicyclic) bond motifs is 2. The lowest BCUT2D eigenvalue weighted by Crippen LogP contribution is -2.13. The van der Waals surface area contributed by atoms with E-state index in [2.05, 4.69) is 9.71 Å². The third-order valence-corrected chi connectivity index (χ3v) is 8.62. The lowest BCUT2D eigenvalue weighted by Gasteiger charge is -2.15. The Morgan fingerprint density at radius 1 is 0.718 bits per heavy atom. The highest BCUT2D eigenvalue weighted by Crippen LogP contribution is 2.44. The number of rotatable bonds is 7. The van der Waals surface area contributed by atoms with E-state index in [-0.39, 0.29) is 10.6 Å². The van der Waals surface area contributed by atoms with Crippen LogP contribution in [0.25, 0.3) is 21.7 Å². The zero-order valence-electron chi connectivity index (χ0n) is 20.5. The van der Waals surface area contributed by atoms with Gasteiger partial charge in [-0.25, -0.2) is 8.42 Å². The number of ether oxygens (including phenoxy) is 1. The summed E-state index contributed by atoms with van der Waals surface area (Å²) in [4.78, 5) is 5.95. The molecule has 0 radical (unpaired) electrons. The standard InChI is InChI=1S/C31H22N2O4S2/c34-31-26-13-5-4-12-25(26)27(20-29(31)38-28-14-6-8-21-9-7-19-32-30(21)28)33-39(35,36)24-17-15-23(16-18-24)37-22-10-2-1-3-11-22/h1-20,33-34H. The Bertz CT molecular complexity index is 1900. The van der Waals surface area contributed by atoms with Crippen molar-refractivity contribution in [3.05, 3.63) is 121 Å². The number of phenols is 1. The van der Waals surface area contributed by atoms with Crippen molar-refractivity contribution in [3.63, 3.8) is 0 Å². The summed E-state index contributed by atoms with van der Waals surface area (Å²) in [6.07, 6.45) is 1.72. The quantitative estimate of drug-likeness (QED) is 0.197. The molecule has 0 bridgehead atoms. The molecule has 0 amide bonds. The van der Waals surface area contributed by atoms with Crippen LogP contribution in [0, 0.1) is 0 Å². The van der Waals surface area contributed by atoms with Crippen LogP contribution in [0.1, 0.15) is 0 Å². The maximum absolute atomic E-state index is 13.4. The van der Waals surface area contributed by atoms with Gasteiger partial charge in [0.05, 0.1) is 21.0 Å². The number of anilines is 1. The normalized spacial score (nSPS) is 11.5. The number of nitrogens with zero attached hydrogens (tertiary/aromatic N) is 1. The van der Waals surface area contributed by atoms with E-state index in [1.165, 1.54) is 23.9 Å². The number of para-hydroxylation sites is 2. The average molecular weight is 551 g/mol. The van der Waals surface area contributed by atoms with Crippen molar-refractivity contribution in [1.82, 2.24) is 4.98 Å². The molecule has 0 aliphatic rings. The highest BCUT2D eigenvalue weighted by Gasteiger charge is 2.20. The van der Waals surface area contributed by atoms with Crippen molar-refractivity contribution in [2.45, 2.75) is 14.7 Å². The summed E-state index contributed by atoms with van der Waals surface area (Å²) in [6, 6.07) is 34.0. The van der Waals surface area contributed by atoms with Crippen molar-refractivity contribution in [2.75, 3.05) is 4.72 Å². The van der Waals surface area contributed by atoms with E-state index in [0.717, 1.165) is 15.8 Å². The Morgan fingerprint density at radius 2 is 1.41 bits per heavy atom. The third kappa shape index (κ3) is 5.12. The van der Waals surface area contributed by atoms with Crippen LogP contribution in [0.15, 0.2) is 136 Å². The van der Waals surface area contributed by atoms with E-state index in [1.807, 2.05) is 60.7 Å². The van der Waals surface area contributed by atoms with Crippen LogP contribution >= 0.6 is 11.8 Å². The number of phenolic OH excluding ortho intramolecular Hbond substituents is 1. The Labute approximate surface area is 230 Å². The summed E-state index contributed by atoms with van der Waals surface area (Å²) in [5.74, 6) is 1.26. The van der Waals surface area contributed by atoms with E-state index >= 15 is 0 Å². The number of pyridine rings is 1. The van der Waals surface area contributed by atoms with Gasteiger partial charge in [0, 0.05) is 27.3 Å². The van der Waals surface area contributed by atoms with Gasteiger partial charge in [-0.1, -0.05) is 72.4 Å². The first-order valence-corrected chi connectivity index (χ1v) is 14.4. The molecule has 0 aliphatic carbocycles. The predicted molar refractivity (Wildman–Crippen MR) is 155 cm³/mol. The summed E-state index contributed by atoms with van der Waals surface area (Å²) in [5, 5.41) is 13.2. The van der Waals surface area contributed by atoms with Crippen LogP contribution in [0.4, 0.5) is 5.69 Å². The van der Waals surface area contributed by atoms with Crippen molar-refractivity contribution in [1.29, 1.82) is 0 Å². The van der Waals surface area contributed by atoms with Gasteiger partial charge in [-0.3, -0.25) is 9.71 Å². The van der Waals surface area contributed by atoms with Crippen molar-refractivity contribution in [2.24, 2.45) is 0 Å². The highest BCUT2D eigenvalue weighted by molar-refractivity contribution is 7.99. The van der Waals surface area contributed by atoms with E-state index in [9.17, 15) is 13.5 Å². The second-order valence-electron chi connectivity index (χ2n) is 8.74. The third-order valence-electron chi connectivity index (χ3n) is 6.15. The number of nitrogens with one attached hydrogen (secondary N) is 1. The SMILES string of the molecule is O=S(=O)(Nc1cc(Sc2cccc3cccnc23)c(O)c2ccccc12)c1ccc(Oc2ccccc2)cc1. The highest BCUT2D eigenvalue weighted by atomic mass is 32.2. The van der Waals surface area contributed by atoms with E-state index in [0.29, 0.717) is 32.9 Å². The molecular weight excluding hydrogens is 528 g/mol. The van der Waals surface area contributed by atoms with Crippen LogP contribution in [-0.4, -0.2) is 18.5 Å². The summed E-state index contributed by atoms with van der Waals surface area (Å²) < 4.78 is 35.3. The molecule has 0 fully saturated rings. The fourth-order valence-corrected chi connectivity index (χ4v) is 6.39. The fraction of sp³-hybridized carbons (Fsp3) is 0. The minimum Gasteiger partial charge on any atom is -0.506 e. The summed E-state index contributed by atoms with van der Waals surface area (Å²) in [7, 11) is -3.94. The summed E-state index contributed by atoms with van der Waals surface area (Å²) in [6.45, 7) is 0. The smallest absolute Gasteiger partial charge is 0.261 e. The number of hydrogen-bond donors (Lipinski definition) is 2. The largest absolute Gasteiger partial charge is 0.506 e. The zero-order valence-corrected chi connectivity index (χ0v) is 22.1.